The van der Waals surface area contributed by atoms with Crippen molar-refractivity contribution in [1.29, 1.82) is 5.26 Å². The van der Waals surface area contributed by atoms with E-state index in [-0.39, 0.29) is 12.5 Å². The van der Waals surface area contributed by atoms with Crippen molar-refractivity contribution in [2.45, 2.75) is 12.5 Å². The van der Waals surface area contributed by atoms with Gasteiger partial charge in [-0.05, 0) is 6.07 Å². The summed E-state index contributed by atoms with van der Waals surface area (Å²) in [7, 11) is 0. The van der Waals surface area contributed by atoms with Gasteiger partial charge >= 0.3 is 5.97 Å². The Balaban J connectivity index is 2.32. The molecular weight excluding hydrogens is 286 g/mol. The van der Waals surface area contributed by atoms with Gasteiger partial charge < -0.3 is 10.0 Å². The van der Waals surface area contributed by atoms with Crippen molar-refractivity contribution >= 4 is 35.1 Å². The molecule has 1 unspecified atom stereocenters. The van der Waals surface area contributed by atoms with Crippen molar-refractivity contribution in [3.05, 3.63) is 22.8 Å². The molecule has 1 fully saturated rings. The second-order valence-corrected chi connectivity index (χ2v) is 5.66. The number of aromatic nitrogens is 1. The normalized spacial score (nSPS) is 18.9. The number of carboxylic acids is 1. The van der Waals surface area contributed by atoms with Crippen molar-refractivity contribution in [2.75, 3.05) is 23.0 Å². The molecular formula is C12H12ClN3O2S. The minimum absolute atomic E-state index is 0.0434. The first kappa shape index (κ1) is 14.0. The number of nitrogens with zero attached hydrogens (tertiary/aromatic N) is 3. The number of nitriles is 1. The highest BCUT2D eigenvalue weighted by Gasteiger charge is 2.28. The third-order valence-electron chi connectivity index (χ3n) is 2.90. The van der Waals surface area contributed by atoms with Crippen LogP contribution in [0.2, 0.25) is 5.02 Å². The molecule has 0 radical (unpaired) electrons. The number of pyridine rings is 1. The Morgan fingerprint density at radius 3 is 3.21 bits per heavy atom. The Kier molecular flexibility index (Phi) is 4.51. The maximum Gasteiger partial charge on any atom is 0.305 e. The molecule has 0 aliphatic carbocycles. The summed E-state index contributed by atoms with van der Waals surface area (Å²) in [5.74, 6) is 1.28. The summed E-state index contributed by atoms with van der Waals surface area (Å²) in [5, 5.41) is 18.2. The molecule has 1 aromatic heterocycles. The average Bonchev–Trinajstić information content (AvgIpc) is 2.39. The molecule has 1 atom stereocenters. The molecule has 0 saturated carbocycles. The lowest BCUT2D eigenvalue weighted by Crippen LogP contribution is -2.44. The van der Waals surface area contributed by atoms with E-state index in [4.69, 9.17) is 22.0 Å². The molecule has 2 rings (SSSR count). The minimum atomic E-state index is -0.843. The summed E-state index contributed by atoms with van der Waals surface area (Å²) in [4.78, 5) is 17.0. The van der Waals surface area contributed by atoms with E-state index in [1.165, 1.54) is 6.20 Å². The Morgan fingerprint density at radius 1 is 1.74 bits per heavy atom. The second kappa shape index (κ2) is 6.13. The maximum atomic E-state index is 10.9. The highest BCUT2D eigenvalue weighted by Crippen LogP contribution is 2.31. The van der Waals surface area contributed by atoms with Gasteiger partial charge in [0.05, 0.1) is 12.0 Å². The van der Waals surface area contributed by atoms with Crippen LogP contribution in [0.5, 0.6) is 0 Å². The zero-order chi connectivity index (χ0) is 13.8. The minimum Gasteiger partial charge on any atom is -0.481 e. The summed E-state index contributed by atoms with van der Waals surface area (Å²) < 4.78 is 0. The number of aliphatic carboxylic acids is 1. The zero-order valence-electron chi connectivity index (χ0n) is 10.0. The molecule has 0 spiro atoms. The topological polar surface area (TPSA) is 77.2 Å². The smallest absolute Gasteiger partial charge is 0.305 e. The van der Waals surface area contributed by atoms with E-state index in [1.807, 2.05) is 11.0 Å². The predicted molar refractivity (Wildman–Crippen MR) is 74.7 cm³/mol. The van der Waals surface area contributed by atoms with E-state index >= 15 is 0 Å². The summed E-state index contributed by atoms with van der Waals surface area (Å²) >= 11 is 7.88. The quantitative estimate of drug-likeness (QED) is 0.919. The van der Waals surface area contributed by atoms with Crippen LogP contribution in [0.25, 0.3) is 0 Å². The molecule has 0 bridgehead atoms. The van der Waals surface area contributed by atoms with Gasteiger partial charge in [0.15, 0.2) is 0 Å². The zero-order valence-corrected chi connectivity index (χ0v) is 11.6. The maximum absolute atomic E-state index is 10.9. The lowest BCUT2D eigenvalue weighted by molar-refractivity contribution is -0.137. The first-order chi connectivity index (χ1) is 9.13. The third kappa shape index (κ3) is 3.11. The van der Waals surface area contributed by atoms with Crippen molar-refractivity contribution in [2.24, 2.45) is 0 Å². The van der Waals surface area contributed by atoms with Crippen LogP contribution in [0.1, 0.15) is 12.0 Å². The summed E-state index contributed by atoms with van der Waals surface area (Å²) in [6.45, 7) is 0.685. The molecule has 0 amide bonds. The summed E-state index contributed by atoms with van der Waals surface area (Å²) in [6.07, 6.45) is 1.57. The lowest BCUT2D eigenvalue weighted by Gasteiger charge is -2.36. The fourth-order valence-corrected chi connectivity index (χ4v) is 3.35. The number of hydrogen-bond donors (Lipinski definition) is 1. The fraction of sp³-hybridized carbons (Fsp3) is 0.417. The summed E-state index contributed by atoms with van der Waals surface area (Å²) in [6, 6.07) is 3.42. The molecule has 1 aromatic rings. The number of hydrogen-bond acceptors (Lipinski definition) is 5. The van der Waals surface area contributed by atoms with Gasteiger partial charge in [0.25, 0.3) is 0 Å². The van der Waals surface area contributed by atoms with Gasteiger partial charge in [-0.25, -0.2) is 4.98 Å². The van der Waals surface area contributed by atoms with Gasteiger partial charge in [0.1, 0.15) is 16.9 Å². The van der Waals surface area contributed by atoms with Crippen LogP contribution in [0.3, 0.4) is 0 Å². The Hall–Kier alpha value is -1.45. The first-order valence-corrected chi connectivity index (χ1v) is 7.27. The lowest BCUT2D eigenvalue weighted by atomic mass is 10.2. The average molecular weight is 298 g/mol. The van der Waals surface area contributed by atoms with Gasteiger partial charge in [-0.3, -0.25) is 4.79 Å². The second-order valence-electron chi connectivity index (χ2n) is 4.13. The molecule has 1 saturated heterocycles. The number of thioether (sulfide) groups is 1. The standard InChI is InChI=1S/C12H12ClN3O2S/c13-11-8(6-14)1-2-15-12(11)16-3-4-19-7-9(16)5-10(17)18/h1-2,9H,3-5,7H2,(H,17,18). The summed E-state index contributed by atoms with van der Waals surface area (Å²) in [5.41, 5.74) is 0.360. The van der Waals surface area contributed by atoms with Crippen LogP contribution >= 0.6 is 23.4 Å². The highest BCUT2D eigenvalue weighted by atomic mass is 35.5. The van der Waals surface area contributed by atoms with Gasteiger partial charge in [-0.2, -0.15) is 17.0 Å². The van der Waals surface area contributed by atoms with Gasteiger partial charge in [0.2, 0.25) is 0 Å². The Morgan fingerprint density at radius 2 is 2.53 bits per heavy atom. The highest BCUT2D eigenvalue weighted by molar-refractivity contribution is 7.99. The number of anilines is 1. The van der Waals surface area contributed by atoms with Gasteiger partial charge in [-0.15, -0.1) is 0 Å². The van der Waals surface area contributed by atoms with E-state index in [0.29, 0.717) is 22.9 Å². The van der Waals surface area contributed by atoms with E-state index in [0.717, 1.165) is 11.5 Å². The molecule has 7 heteroatoms. The van der Waals surface area contributed by atoms with Crippen LogP contribution < -0.4 is 4.90 Å². The molecule has 2 heterocycles. The molecule has 19 heavy (non-hydrogen) atoms. The first-order valence-electron chi connectivity index (χ1n) is 5.74. The van der Waals surface area contributed by atoms with Crippen molar-refractivity contribution < 1.29 is 9.90 Å². The van der Waals surface area contributed by atoms with Crippen LogP contribution in [-0.2, 0) is 4.79 Å². The van der Waals surface area contributed by atoms with E-state index < -0.39 is 5.97 Å². The van der Waals surface area contributed by atoms with Crippen molar-refractivity contribution in [1.82, 2.24) is 4.98 Å². The number of carbonyl (C=O) groups is 1. The van der Waals surface area contributed by atoms with E-state index in [9.17, 15) is 4.79 Å². The van der Waals surface area contributed by atoms with Crippen molar-refractivity contribution in [3.63, 3.8) is 0 Å². The molecule has 1 aliphatic heterocycles. The van der Waals surface area contributed by atoms with E-state index in [2.05, 4.69) is 4.98 Å². The van der Waals surface area contributed by atoms with Crippen LogP contribution in [0.15, 0.2) is 12.3 Å². The molecule has 0 aromatic carbocycles. The van der Waals surface area contributed by atoms with Gasteiger partial charge in [-0.1, -0.05) is 11.6 Å². The SMILES string of the molecule is N#Cc1ccnc(N2CCSCC2CC(=O)O)c1Cl. The van der Waals surface area contributed by atoms with Crippen LogP contribution in [-0.4, -0.2) is 40.2 Å². The number of rotatable bonds is 3. The molecule has 5 nitrogen and oxygen atoms in total. The van der Waals surface area contributed by atoms with Crippen LogP contribution in [0.4, 0.5) is 5.82 Å². The van der Waals surface area contributed by atoms with Gasteiger partial charge in [0, 0.05) is 30.3 Å². The van der Waals surface area contributed by atoms with Crippen molar-refractivity contribution in [3.8, 4) is 6.07 Å². The number of carboxylic acid groups (broad SMARTS) is 1. The number of halogens is 1. The third-order valence-corrected chi connectivity index (χ3v) is 4.37. The molecule has 1 N–H and O–H groups in total. The predicted octanol–water partition coefficient (Wildman–Crippen LogP) is 2.00. The van der Waals surface area contributed by atoms with E-state index in [1.54, 1.807) is 17.8 Å². The largest absolute Gasteiger partial charge is 0.481 e. The fourth-order valence-electron chi connectivity index (χ4n) is 2.02. The monoisotopic (exact) mass is 297 g/mol. The Labute approximate surface area is 120 Å². The molecule has 1 aliphatic rings. The van der Waals surface area contributed by atoms with Crippen LogP contribution in [0, 0.1) is 11.3 Å². The Bertz CT molecular complexity index is 532. The molecule has 100 valence electrons.